The lowest BCUT2D eigenvalue weighted by molar-refractivity contribution is -0.138. The van der Waals surface area contributed by atoms with Crippen LogP contribution < -0.4 is 10.6 Å². The van der Waals surface area contributed by atoms with Gasteiger partial charge in [0.25, 0.3) is 0 Å². The predicted octanol–water partition coefficient (Wildman–Crippen LogP) is 0.806. The average Bonchev–Trinajstić information content (AvgIpc) is 2.33. The summed E-state index contributed by atoms with van der Waals surface area (Å²) in [5, 5.41) is 13.9. The van der Waals surface area contributed by atoms with Gasteiger partial charge in [-0.1, -0.05) is 12.8 Å². The van der Waals surface area contributed by atoms with E-state index < -0.39 is 18.6 Å². The van der Waals surface area contributed by atoms with E-state index >= 15 is 0 Å². The molecule has 2 atom stereocenters. The number of aliphatic hydroxyl groups excluding tert-OH is 1. The topological polar surface area (TPSA) is 61.4 Å². The maximum Gasteiger partial charge on any atom is 0.405 e. The Morgan fingerprint density at radius 2 is 1.94 bits per heavy atom. The molecule has 3 N–H and O–H groups in total. The van der Waals surface area contributed by atoms with E-state index in [9.17, 15) is 18.0 Å². The first-order chi connectivity index (χ1) is 8.42. The molecule has 0 radical (unpaired) electrons. The number of halogens is 3. The lowest BCUT2D eigenvalue weighted by Gasteiger charge is -2.30. The Labute approximate surface area is 104 Å². The van der Waals surface area contributed by atoms with E-state index in [0.717, 1.165) is 25.7 Å². The summed E-state index contributed by atoms with van der Waals surface area (Å²) in [5.41, 5.74) is 0. The Kier molecular flexibility index (Phi) is 5.87. The van der Waals surface area contributed by atoms with Gasteiger partial charge in [0.1, 0.15) is 6.54 Å². The van der Waals surface area contributed by atoms with Crippen LogP contribution in [0.1, 0.15) is 25.7 Å². The molecule has 0 spiro atoms. The third-order valence-electron chi connectivity index (χ3n) is 3.15. The average molecular weight is 268 g/mol. The van der Waals surface area contributed by atoms with Gasteiger partial charge in [0, 0.05) is 12.6 Å². The van der Waals surface area contributed by atoms with Gasteiger partial charge >= 0.3 is 6.18 Å². The number of hydrogen-bond acceptors (Lipinski definition) is 3. The molecule has 4 nitrogen and oxygen atoms in total. The first-order valence-electron chi connectivity index (χ1n) is 6.10. The number of carbonyl (C=O) groups excluding carboxylic acids is 1. The lowest BCUT2D eigenvalue weighted by atomic mass is 9.85. The van der Waals surface area contributed by atoms with Crippen molar-refractivity contribution >= 4 is 5.91 Å². The third kappa shape index (κ3) is 5.68. The van der Waals surface area contributed by atoms with E-state index in [0.29, 0.717) is 0 Å². The van der Waals surface area contributed by atoms with Crippen LogP contribution in [-0.4, -0.2) is 42.9 Å². The molecule has 1 aliphatic carbocycles. The normalized spacial score (nSPS) is 24.9. The molecule has 1 aliphatic rings. The first-order valence-corrected chi connectivity index (χ1v) is 6.10. The fourth-order valence-electron chi connectivity index (χ4n) is 2.18. The number of nitrogens with one attached hydrogen (secondary N) is 2. The third-order valence-corrected chi connectivity index (χ3v) is 3.15. The molecule has 18 heavy (non-hydrogen) atoms. The molecule has 2 unspecified atom stereocenters. The van der Waals surface area contributed by atoms with Crippen LogP contribution in [0.25, 0.3) is 0 Å². The molecule has 0 aromatic heterocycles. The van der Waals surface area contributed by atoms with Gasteiger partial charge < -0.3 is 15.7 Å². The van der Waals surface area contributed by atoms with Gasteiger partial charge in [0.05, 0.1) is 6.54 Å². The van der Waals surface area contributed by atoms with Crippen LogP contribution in [0.15, 0.2) is 0 Å². The smallest absolute Gasteiger partial charge is 0.396 e. The maximum absolute atomic E-state index is 11.9. The standard InChI is InChI=1S/C11H19F3N2O2/c12-11(13,14)7-16-10(18)5-15-9-4-2-1-3-8(9)6-17/h8-9,15,17H,1-7H2,(H,16,18). The molecule has 106 valence electrons. The zero-order valence-electron chi connectivity index (χ0n) is 10.1. The lowest BCUT2D eigenvalue weighted by Crippen LogP contribution is -2.46. The van der Waals surface area contributed by atoms with Gasteiger partial charge in [-0.15, -0.1) is 0 Å². The van der Waals surface area contributed by atoms with Gasteiger partial charge in [0.15, 0.2) is 0 Å². The van der Waals surface area contributed by atoms with E-state index in [-0.39, 0.29) is 25.1 Å². The SMILES string of the molecule is O=C(CNC1CCCCC1CO)NCC(F)(F)F. The number of aliphatic hydroxyl groups is 1. The summed E-state index contributed by atoms with van der Waals surface area (Å²) in [4.78, 5) is 11.2. The fourth-order valence-corrected chi connectivity index (χ4v) is 2.18. The Morgan fingerprint density at radius 1 is 1.28 bits per heavy atom. The van der Waals surface area contributed by atoms with Crippen LogP contribution in [0.2, 0.25) is 0 Å². The summed E-state index contributed by atoms with van der Waals surface area (Å²) in [6.07, 6.45) is -0.591. The molecular formula is C11H19F3N2O2. The summed E-state index contributed by atoms with van der Waals surface area (Å²) in [6.45, 7) is -1.40. The molecular weight excluding hydrogens is 249 g/mol. The Morgan fingerprint density at radius 3 is 2.56 bits per heavy atom. The zero-order valence-corrected chi connectivity index (χ0v) is 10.1. The molecule has 0 heterocycles. The second kappa shape index (κ2) is 6.94. The molecule has 1 rings (SSSR count). The molecule has 0 bridgehead atoms. The maximum atomic E-state index is 11.9. The molecule has 0 aliphatic heterocycles. The summed E-state index contributed by atoms with van der Waals surface area (Å²) >= 11 is 0. The van der Waals surface area contributed by atoms with Gasteiger partial charge in [-0.3, -0.25) is 4.79 Å². The number of rotatable bonds is 5. The van der Waals surface area contributed by atoms with Crippen LogP contribution >= 0.6 is 0 Å². The van der Waals surface area contributed by atoms with Crippen molar-refractivity contribution in [2.24, 2.45) is 5.92 Å². The van der Waals surface area contributed by atoms with Gasteiger partial charge in [-0.25, -0.2) is 0 Å². The van der Waals surface area contributed by atoms with Crippen molar-refractivity contribution in [3.05, 3.63) is 0 Å². The zero-order chi connectivity index (χ0) is 13.6. The second-order valence-corrected chi connectivity index (χ2v) is 4.61. The number of hydrogen-bond donors (Lipinski definition) is 3. The molecule has 0 aromatic rings. The van der Waals surface area contributed by atoms with E-state index in [1.807, 2.05) is 0 Å². The highest BCUT2D eigenvalue weighted by Gasteiger charge is 2.28. The van der Waals surface area contributed by atoms with Crippen molar-refractivity contribution in [3.8, 4) is 0 Å². The van der Waals surface area contributed by atoms with Crippen molar-refractivity contribution in [1.29, 1.82) is 0 Å². The summed E-state index contributed by atoms with van der Waals surface area (Å²) in [6, 6.07) is 0.0142. The van der Waals surface area contributed by atoms with E-state index in [1.54, 1.807) is 5.32 Å². The van der Waals surface area contributed by atoms with Crippen LogP contribution in [-0.2, 0) is 4.79 Å². The number of amides is 1. The van der Waals surface area contributed by atoms with Crippen molar-refractivity contribution in [3.63, 3.8) is 0 Å². The fraction of sp³-hybridized carbons (Fsp3) is 0.909. The first kappa shape index (κ1) is 15.2. The highest BCUT2D eigenvalue weighted by molar-refractivity contribution is 5.78. The molecule has 1 saturated carbocycles. The van der Waals surface area contributed by atoms with Crippen molar-refractivity contribution in [1.82, 2.24) is 10.6 Å². The van der Waals surface area contributed by atoms with Crippen molar-refractivity contribution in [2.75, 3.05) is 19.7 Å². The molecule has 1 amide bonds. The van der Waals surface area contributed by atoms with E-state index in [1.165, 1.54) is 0 Å². The van der Waals surface area contributed by atoms with E-state index in [4.69, 9.17) is 5.11 Å². The monoisotopic (exact) mass is 268 g/mol. The van der Waals surface area contributed by atoms with E-state index in [2.05, 4.69) is 5.32 Å². The van der Waals surface area contributed by atoms with Gasteiger partial charge in [-0.2, -0.15) is 13.2 Å². The van der Waals surface area contributed by atoms with Crippen LogP contribution in [0, 0.1) is 5.92 Å². The minimum absolute atomic E-state index is 0.0142. The summed E-state index contributed by atoms with van der Waals surface area (Å²) in [7, 11) is 0. The highest BCUT2D eigenvalue weighted by atomic mass is 19.4. The molecule has 0 saturated heterocycles. The van der Waals surface area contributed by atoms with Gasteiger partial charge in [-0.05, 0) is 18.8 Å². The molecule has 7 heteroatoms. The quantitative estimate of drug-likeness (QED) is 0.691. The Hall–Kier alpha value is -0.820. The summed E-state index contributed by atoms with van der Waals surface area (Å²) in [5.74, 6) is -0.580. The van der Waals surface area contributed by atoms with Crippen molar-refractivity contribution in [2.45, 2.75) is 37.9 Å². The minimum Gasteiger partial charge on any atom is -0.396 e. The second-order valence-electron chi connectivity index (χ2n) is 4.61. The minimum atomic E-state index is -4.38. The molecule has 1 fully saturated rings. The predicted molar refractivity (Wildman–Crippen MR) is 59.9 cm³/mol. The van der Waals surface area contributed by atoms with Gasteiger partial charge in [0.2, 0.25) is 5.91 Å². The number of carbonyl (C=O) groups is 1. The van der Waals surface area contributed by atoms with Crippen LogP contribution in [0.5, 0.6) is 0 Å². The van der Waals surface area contributed by atoms with Crippen molar-refractivity contribution < 1.29 is 23.1 Å². The highest BCUT2D eigenvalue weighted by Crippen LogP contribution is 2.23. The van der Waals surface area contributed by atoms with Crippen LogP contribution in [0.3, 0.4) is 0 Å². The number of alkyl halides is 3. The summed E-state index contributed by atoms with van der Waals surface area (Å²) < 4.78 is 35.6. The Balaban J connectivity index is 2.24. The van der Waals surface area contributed by atoms with Crippen LogP contribution in [0.4, 0.5) is 13.2 Å². The Bertz CT molecular complexity index is 272. The largest absolute Gasteiger partial charge is 0.405 e. The molecule has 0 aromatic carbocycles.